The number of hydrogen-bond donors (Lipinski definition) is 1. The van der Waals surface area contributed by atoms with Crippen molar-refractivity contribution in [2.24, 2.45) is 0 Å². The smallest absolute Gasteiger partial charge is 0.266 e. The van der Waals surface area contributed by atoms with Gasteiger partial charge in [-0.1, -0.05) is 6.07 Å². The number of nitrogens with two attached hydrogens (primary N) is 1. The molecule has 0 unspecified atom stereocenters. The summed E-state index contributed by atoms with van der Waals surface area (Å²) in [7, 11) is 0. The van der Waals surface area contributed by atoms with Gasteiger partial charge < -0.3 is 10.5 Å². The summed E-state index contributed by atoms with van der Waals surface area (Å²) in [5, 5.41) is 0. The van der Waals surface area contributed by atoms with E-state index in [0.717, 1.165) is 12.2 Å². The van der Waals surface area contributed by atoms with E-state index in [1.807, 2.05) is 40.8 Å². The predicted octanol–water partition coefficient (Wildman–Crippen LogP) is 1.90. The molecule has 1 aromatic carbocycles. The molecule has 0 saturated heterocycles. The maximum Gasteiger partial charge on any atom is 0.266 e. The summed E-state index contributed by atoms with van der Waals surface area (Å²) in [5.74, 6) is 0.744. The first-order valence-corrected chi connectivity index (χ1v) is 6.93. The topological polar surface area (TPSA) is 70.1 Å². The molecule has 6 heteroatoms. The van der Waals surface area contributed by atoms with Crippen molar-refractivity contribution in [2.45, 2.75) is 13.0 Å². The first-order chi connectivity index (χ1) is 9.16. The number of hydrogen-bond acceptors (Lipinski definition) is 4. The van der Waals surface area contributed by atoms with Gasteiger partial charge in [0, 0.05) is 24.5 Å². The maximum atomic E-state index is 11.7. The van der Waals surface area contributed by atoms with Gasteiger partial charge in [-0.15, -0.1) is 0 Å². The Labute approximate surface area is 124 Å². The Balaban J connectivity index is 1.84. The van der Waals surface area contributed by atoms with Crippen LogP contribution in [0.15, 0.2) is 41.6 Å². The fourth-order valence-corrected chi connectivity index (χ4v) is 2.08. The van der Waals surface area contributed by atoms with Gasteiger partial charge in [0.15, 0.2) is 0 Å². The van der Waals surface area contributed by atoms with Crippen LogP contribution < -0.4 is 16.0 Å². The van der Waals surface area contributed by atoms with Gasteiger partial charge in [-0.2, -0.15) is 0 Å². The fourth-order valence-electron chi connectivity index (χ4n) is 1.61. The Morgan fingerprint density at radius 3 is 3.05 bits per heavy atom. The van der Waals surface area contributed by atoms with E-state index in [1.54, 1.807) is 23.2 Å². The lowest BCUT2D eigenvalue weighted by Crippen LogP contribution is -2.23. The van der Waals surface area contributed by atoms with Crippen molar-refractivity contribution in [3.05, 3.63) is 50.7 Å². The zero-order valence-electron chi connectivity index (χ0n) is 10.3. The van der Waals surface area contributed by atoms with E-state index in [2.05, 4.69) is 4.98 Å². The summed E-state index contributed by atoms with van der Waals surface area (Å²) in [6, 6.07) is 7.29. The van der Waals surface area contributed by atoms with Crippen LogP contribution in [0, 0.1) is 3.57 Å². The zero-order valence-corrected chi connectivity index (χ0v) is 12.4. The Kier molecular flexibility index (Phi) is 4.78. The molecule has 0 radical (unpaired) electrons. The average molecular weight is 371 g/mol. The van der Waals surface area contributed by atoms with Crippen LogP contribution in [-0.2, 0) is 6.54 Å². The quantitative estimate of drug-likeness (QED) is 0.495. The summed E-state index contributed by atoms with van der Waals surface area (Å²) in [6.45, 7) is 1.12. The molecule has 1 aromatic heterocycles. The fraction of sp³-hybridized carbons (Fsp3) is 0.231. The minimum Gasteiger partial charge on any atom is -0.493 e. The van der Waals surface area contributed by atoms with E-state index in [1.165, 1.54) is 0 Å². The lowest BCUT2D eigenvalue weighted by Gasteiger charge is -2.08. The third-order valence-electron chi connectivity index (χ3n) is 2.53. The molecule has 0 amide bonds. The maximum absolute atomic E-state index is 11.7. The number of rotatable bonds is 5. The van der Waals surface area contributed by atoms with Crippen LogP contribution in [0.3, 0.4) is 0 Å². The molecule has 100 valence electrons. The molecule has 1 heterocycles. The molecule has 0 atom stereocenters. The highest BCUT2D eigenvalue weighted by molar-refractivity contribution is 14.1. The van der Waals surface area contributed by atoms with E-state index in [4.69, 9.17) is 10.5 Å². The number of halogens is 1. The van der Waals surface area contributed by atoms with E-state index in [9.17, 15) is 4.79 Å². The Bertz CT molecular complexity index is 613. The predicted molar refractivity (Wildman–Crippen MR) is 82.2 cm³/mol. The average Bonchev–Trinajstić information content (AvgIpc) is 2.39. The molecule has 0 spiro atoms. The van der Waals surface area contributed by atoms with Gasteiger partial charge in [-0.3, -0.25) is 9.36 Å². The van der Waals surface area contributed by atoms with Gasteiger partial charge in [0.05, 0.1) is 16.5 Å². The highest BCUT2D eigenvalue weighted by Gasteiger charge is 2.00. The van der Waals surface area contributed by atoms with Gasteiger partial charge in [0.1, 0.15) is 5.75 Å². The molecule has 5 nitrogen and oxygen atoms in total. The van der Waals surface area contributed by atoms with E-state index < -0.39 is 0 Å². The zero-order chi connectivity index (χ0) is 13.7. The summed E-state index contributed by atoms with van der Waals surface area (Å²) in [6.07, 6.45) is 3.84. The second-order valence-corrected chi connectivity index (χ2v) is 5.18. The second kappa shape index (κ2) is 6.55. The van der Waals surface area contributed by atoms with Crippen molar-refractivity contribution < 1.29 is 4.74 Å². The first kappa shape index (κ1) is 13.9. The molecule has 0 bridgehead atoms. The van der Waals surface area contributed by atoms with E-state index in [-0.39, 0.29) is 5.56 Å². The highest BCUT2D eigenvalue weighted by Crippen LogP contribution is 2.14. The standard InChI is InChI=1S/C13H14IN3O2/c14-12-8-16-9-17(13(12)18)5-2-6-19-11-4-1-3-10(15)7-11/h1,3-4,7-9H,2,5-6,15H2. The summed E-state index contributed by atoms with van der Waals surface area (Å²) in [5.41, 5.74) is 6.32. The Morgan fingerprint density at radius 1 is 1.42 bits per heavy atom. The van der Waals surface area contributed by atoms with Crippen molar-refractivity contribution >= 4 is 28.3 Å². The van der Waals surface area contributed by atoms with Crippen LogP contribution in [0.5, 0.6) is 5.75 Å². The third-order valence-corrected chi connectivity index (χ3v) is 3.27. The molecule has 19 heavy (non-hydrogen) atoms. The summed E-state index contributed by atoms with van der Waals surface area (Å²) in [4.78, 5) is 15.7. The van der Waals surface area contributed by atoms with Gasteiger partial charge in [0.25, 0.3) is 5.56 Å². The van der Waals surface area contributed by atoms with Crippen LogP contribution >= 0.6 is 22.6 Å². The SMILES string of the molecule is Nc1cccc(OCCCn2cncc(I)c2=O)c1. The lowest BCUT2D eigenvalue weighted by atomic mass is 10.3. The number of nitrogen functional groups attached to an aromatic ring is 1. The largest absolute Gasteiger partial charge is 0.493 e. The third kappa shape index (κ3) is 3.95. The number of aromatic nitrogens is 2. The first-order valence-electron chi connectivity index (χ1n) is 5.85. The Hall–Kier alpha value is -1.57. The van der Waals surface area contributed by atoms with Gasteiger partial charge in [-0.25, -0.2) is 4.98 Å². The number of nitrogens with zero attached hydrogens (tertiary/aromatic N) is 2. The molecular weight excluding hydrogens is 357 g/mol. The number of anilines is 1. The van der Waals surface area contributed by atoms with Gasteiger partial charge in [0.2, 0.25) is 0 Å². The number of ether oxygens (including phenoxy) is 1. The molecule has 0 fully saturated rings. The lowest BCUT2D eigenvalue weighted by molar-refractivity contribution is 0.300. The molecule has 2 aromatic rings. The molecular formula is C13H14IN3O2. The molecule has 0 aliphatic heterocycles. The monoisotopic (exact) mass is 371 g/mol. The van der Waals surface area contributed by atoms with Gasteiger partial charge in [-0.05, 0) is 41.1 Å². The van der Waals surface area contributed by atoms with Crippen LogP contribution in [0.1, 0.15) is 6.42 Å². The van der Waals surface area contributed by atoms with Gasteiger partial charge >= 0.3 is 0 Å². The number of benzene rings is 1. The van der Waals surface area contributed by atoms with Crippen LogP contribution in [0.4, 0.5) is 5.69 Å². The van der Waals surface area contributed by atoms with Crippen molar-refractivity contribution in [2.75, 3.05) is 12.3 Å². The molecule has 2 N–H and O–H groups in total. The van der Waals surface area contributed by atoms with Crippen molar-refractivity contribution in [1.82, 2.24) is 9.55 Å². The van der Waals surface area contributed by atoms with Crippen LogP contribution in [0.25, 0.3) is 0 Å². The molecule has 0 aliphatic carbocycles. The van der Waals surface area contributed by atoms with Crippen molar-refractivity contribution in [1.29, 1.82) is 0 Å². The summed E-state index contributed by atoms with van der Waals surface area (Å²) >= 11 is 1.98. The van der Waals surface area contributed by atoms with Crippen molar-refractivity contribution in [3.8, 4) is 5.75 Å². The van der Waals surface area contributed by atoms with Crippen LogP contribution in [0.2, 0.25) is 0 Å². The van der Waals surface area contributed by atoms with E-state index in [0.29, 0.717) is 22.4 Å². The van der Waals surface area contributed by atoms with Crippen LogP contribution in [-0.4, -0.2) is 16.2 Å². The molecule has 0 aliphatic rings. The molecule has 2 rings (SSSR count). The van der Waals surface area contributed by atoms with E-state index >= 15 is 0 Å². The highest BCUT2D eigenvalue weighted by atomic mass is 127. The summed E-state index contributed by atoms with van der Waals surface area (Å²) < 4.78 is 7.77. The molecule has 0 saturated carbocycles. The minimum absolute atomic E-state index is 0.0143. The second-order valence-electron chi connectivity index (χ2n) is 4.01. The number of aryl methyl sites for hydroxylation is 1. The minimum atomic E-state index is -0.0143. The Morgan fingerprint density at radius 2 is 2.26 bits per heavy atom. The normalized spacial score (nSPS) is 10.4. The van der Waals surface area contributed by atoms with Crippen molar-refractivity contribution in [3.63, 3.8) is 0 Å².